The van der Waals surface area contributed by atoms with Crippen LogP contribution >= 0.6 is 23.2 Å². The van der Waals surface area contributed by atoms with Gasteiger partial charge < -0.3 is 10.3 Å². The lowest BCUT2D eigenvalue weighted by Gasteiger charge is -2.04. The average molecular weight is 307 g/mol. The van der Waals surface area contributed by atoms with Crippen LogP contribution in [0.5, 0.6) is 0 Å². The molecule has 0 unspecified atom stereocenters. The van der Waals surface area contributed by atoms with Gasteiger partial charge in [-0.3, -0.25) is 4.79 Å². The minimum absolute atomic E-state index is 0.112. The van der Waals surface area contributed by atoms with Crippen LogP contribution in [0, 0.1) is 0 Å². The monoisotopic (exact) mass is 306 g/mol. The fraction of sp³-hybridized carbons (Fsp3) is 0.0909. The Morgan fingerprint density at radius 2 is 1.89 bits per heavy atom. The van der Waals surface area contributed by atoms with E-state index in [4.69, 9.17) is 28.9 Å². The molecule has 0 radical (unpaired) electrons. The van der Waals surface area contributed by atoms with E-state index in [1.54, 1.807) is 0 Å². The summed E-state index contributed by atoms with van der Waals surface area (Å²) in [4.78, 5) is 11.3. The number of amides is 1. The van der Waals surface area contributed by atoms with E-state index in [0.29, 0.717) is 10.6 Å². The zero-order chi connectivity index (χ0) is 14.2. The first-order valence-corrected chi connectivity index (χ1v) is 5.69. The first-order valence-electron chi connectivity index (χ1n) is 4.93. The summed E-state index contributed by atoms with van der Waals surface area (Å²) in [5.74, 6) is -2.19. The number of alkyl halides is 3. The molecular formula is C11H6Cl2F2N2O2. The van der Waals surface area contributed by atoms with Crippen molar-refractivity contribution < 1.29 is 18.1 Å². The standard InChI is InChI=1S/C11H6Cl2F2N2O2/c12-6-3-1-5(2-4-6)8-7(10(16)18)9(19-17-8)11(13,14)15/h1-4H,(H2,16,18). The summed E-state index contributed by atoms with van der Waals surface area (Å²) in [5.41, 5.74) is 4.76. The normalized spacial score (nSPS) is 11.6. The van der Waals surface area contributed by atoms with Crippen molar-refractivity contribution in [2.45, 2.75) is 5.38 Å². The average Bonchev–Trinajstić information content (AvgIpc) is 2.74. The van der Waals surface area contributed by atoms with Crippen molar-refractivity contribution in [1.29, 1.82) is 0 Å². The number of rotatable bonds is 3. The summed E-state index contributed by atoms with van der Waals surface area (Å²) < 4.78 is 30.6. The Hall–Kier alpha value is -1.66. The number of primary amides is 1. The second-order valence-corrected chi connectivity index (χ2v) is 4.52. The van der Waals surface area contributed by atoms with Crippen LogP contribution in [0.15, 0.2) is 28.8 Å². The van der Waals surface area contributed by atoms with Crippen molar-refractivity contribution >= 4 is 29.1 Å². The summed E-state index contributed by atoms with van der Waals surface area (Å²) >= 11 is 10.5. The highest BCUT2D eigenvalue weighted by Crippen LogP contribution is 2.38. The van der Waals surface area contributed by atoms with E-state index in [1.165, 1.54) is 24.3 Å². The molecule has 100 valence electrons. The molecule has 0 aliphatic rings. The third-order valence-corrected chi connectivity index (χ3v) is 2.74. The number of carbonyl (C=O) groups excluding carboxylic acids is 1. The van der Waals surface area contributed by atoms with E-state index in [1.807, 2.05) is 0 Å². The van der Waals surface area contributed by atoms with Crippen LogP contribution in [0.3, 0.4) is 0 Å². The van der Waals surface area contributed by atoms with E-state index in [2.05, 4.69) is 9.68 Å². The quantitative estimate of drug-likeness (QED) is 0.884. The molecule has 0 fully saturated rings. The van der Waals surface area contributed by atoms with Gasteiger partial charge in [-0.1, -0.05) is 28.9 Å². The number of aromatic nitrogens is 1. The van der Waals surface area contributed by atoms with Crippen LogP contribution in [-0.4, -0.2) is 11.1 Å². The smallest absolute Gasteiger partial charge is 0.365 e. The molecule has 1 amide bonds. The van der Waals surface area contributed by atoms with Gasteiger partial charge in [-0.15, -0.1) is 0 Å². The SMILES string of the molecule is NC(=O)c1c(-c2ccc(Cl)cc2)noc1C(F)(F)Cl. The highest BCUT2D eigenvalue weighted by Gasteiger charge is 2.40. The van der Waals surface area contributed by atoms with Gasteiger partial charge in [0.15, 0.2) is 0 Å². The van der Waals surface area contributed by atoms with Crippen LogP contribution in [-0.2, 0) is 5.38 Å². The second kappa shape index (κ2) is 4.79. The zero-order valence-electron chi connectivity index (χ0n) is 9.16. The first kappa shape index (κ1) is 13.8. The summed E-state index contributed by atoms with van der Waals surface area (Å²) in [6, 6.07) is 6.00. The molecule has 2 rings (SSSR count). The van der Waals surface area contributed by atoms with Gasteiger partial charge in [0.1, 0.15) is 11.3 Å². The lowest BCUT2D eigenvalue weighted by Crippen LogP contribution is -2.17. The van der Waals surface area contributed by atoms with Crippen LogP contribution in [0.25, 0.3) is 11.3 Å². The van der Waals surface area contributed by atoms with E-state index in [-0.39, 0.29) is 5.69 Å². The third-order valence-electron chi connectivity index (χ3n) is 2.31. The largest absolute Gasteiger partial charge is 0.383 e. The van der Waals surface area contributed by atoms with Gasteiger partial charge in [0.2, 0.25) is 5.76 Å². The Labute approximate surface area is 116 Å². The van der Waals surface area contributed by atoms with E-state index < -0.39 is 22.6 Å². The fourth-order valence-electron chi connectivity index (χ4n) is 1.52. The number of carbonyl (C=O) groups is 1. The lowest BCUT2D eigenvalue weighted by molar-refractivity contribution is 0.0587. The maximum absolute atomic E-state index is 13.1. The predicted molar refractivity (Wildman–Crippen MR) is 65.2 cm³/mol. The summed E-state index contributed by atoms with van der Waals surface area (Å²) in [7, 11) is 0. The van der Waals surface area contributed by atoms with Crippen molar-refractivity contribution in [3.63, 3.8) is 0 Å². The highest BCUT2D eigenvalue weighted by atomic mass is 35.5. The Morgan fingerprint density at radius 1 is 1.32 bits per heavy atom. The van der Waals surface area contributed by atoms with Gasteiger partial charge in [0, 0.05) is 10.6 Å². The van der Waals surface area contributed by atoms with Crippen molar-refractivity contribution in [1.82, 2.24) is 5.16 Å². The number of benzene rings is 1. The van der Waals surface area contributed by atoms with E-state index in [0.717, 1.165) is 0 Å². The topological polar surface area (TPSA) is 69.1 Å². The van der Waals surface area contributed by atoms with Gasteiger partial charge in [0.05, 0.1) is 0 Å². The van der Waals surface area contributed by atoms with E-state index in [9.17, 15) is 13.6 Å². The molecule has 0 aliphatic heterocycles. The van der Waals surface area contributed by atoms with Gasteiger partial charge in [-0.25, -0.2) is 0 Å². The van der Waals surface area contributed by atoms with Gasteiger partial charge in [-0.2, -0.15) is 8.78 Å². The molecule has 1 aromatic heterocycles. The second-order valence-electron chi connectivity index (χ2n) is 3.60. The van der Waals surface area contributed by atoms with Crippen molar-refractivity contribution in [3.8, 4) is 11.3 Å². The van der Waals surface area contributed by atoms with Gasteiger partial charge in [0.25, 0.3) is 5.91 Å². The van der Waals surface area contributed by atoms with Crippen molar-refractivity contribution in [2.24, 2.45) is 5.73 Å². The molecule has 0 spiro atoms. The molecule has 19 heavy (non-hydrogen) atoms. The minimum atomic E-state index is -3.87. The Morgan fingerprint density at radius 3 is 2.37 bits per heavy atom. The third kappa shape index (κ3) is 2.69. The molecule has 4 nitrogen and oxygen atoms in total. The molecule has 8 heteroatoms. The van der Waals surface area contributed by atoms with Crippen LogP contribution in [0.4, 0.5) is 8.78 Å². The number of hydrogen-bond donors (Lipinski definition) is 1. The van der Waals surface area contributed by atoms with Crippen molar-refractivity contribution in [3.05, 3.63) is 40.6 Å². The Kier molecular flexibility index (Phi) is 3.47. The summed E-state index contributed by atoms with van der Waals surface area (Å²) in [6.07, 6.45) is 0. The van der Waals surface area contributed by atoms with Crippen LogP contribution in [0.2, 0.25) is 5.02 Å². The number of hydrogen-bond acceptors (Lipinski definition) is 3. The van der Waals surface area contributed by atoms with Crippen LogP contribution in [0.1, 0.15) is 16.1 Å². The molecule has 1 aromatic carbocycles. The minimum Gasteiger partial charge on any atom is -0.365 e. The maximum atomic E-state index is 13.1. The summed E-state index contributed by atoms with van der Waals surface area (Å²) in [5, 5.41) is -0.0120. The molecule has 0 saturated heterocycles. The lowest BCUT2D eigenvalue weighted by atomic mass is 10.1. The first-order chi connectivity index (χ1) is 8.80. The van der Waals surface area contributed by atoms with Crippen molar-refractivity contribution in [2.75, 3.05) is 0 Å². The molecule has 2 aromatic rings. The maximum Gasteiger partial charge on any atom is 0.383 e. The summed E-state index contributed by atoms with van der Waals surface area (Å²) in [6.45, 7) is 0. The molecule has 2 N–H and O–H groups in total. The molecule has 0 saturated carbocycles. The fourth-order valence-corrected chi connectivity index (χ4v) is 1.77. The number of halogens is 4. The molecule has 0 atom stereocenters. The highest BCUT2D eigenvalue weighted by molar-refractivity contribution is 6.30. The van der Waals surface area contributed by atoms with Gasteiger partial charge in [-0.05, 0) is 23.7 Å². The zero-order valence-corrected chi connectivity index (χ0v) is 10.7. The molecular weight excluding hydrogens is 301 g/mol. The predicted octanol–water partition coefficient (Wildman–Crippen LogP) is 3.38. The van der Waals surface area contributed by atoms with E-state index >= 15 is 0 Å². The Balaban J connectivity index is 2.62. The van der Waals surface area contributed by atoms with Gasteiger partial charge >= 0.3 is 5.38 Å². The molecule has 0 aliphatic carbocycles. The molecule has 1 heterocycles. The number of nitrogens with zero attached hydrogens (tertiary/aromatic N) is 1. The Bertz CT molecular complexity index is 621. The van der Waals surface area contributed by atoms with Crippen LogP contribution < -0.4 is 5.73 Å². The number of nitrogens with two attached hydrogens (primary N) is 1. The molecule has 0 bridgehead atoms.